The fourth-order valence-electron chi connectivity index (χ4n) is 6.66. The number of nitrogens with one attached hydrogen (secondary N) is 2. The van der Waals surface area contributed by atoms with E-state index in [4.69, 9.17) is 4.98 Å². The third kappa shape index (κ3) is 7.06. The number of carbonyl (C=O) groups is 1. The molecule has 228 valence electrons. The maximum absolute atomic E-state index is 13.1. The Bertz CT molecular complexity index is 1720. The number of pyridine rings is 2. The van der Waals surface area contributed by atoms with Crippen LogP contribution in [0, 0.1) is 0 Å². The normalized spacial score (nSPS) is 16.4. The molecule has 0 bridgehead atoms. The predicted octanol–water partition coefficient (Wildman–Crippen LogP) is 7.74. The largest absolute Gasteiger partial charge is 0.340 e. The van der Waals surface area contributed by atoms with E-state index >= 15 is 0 Å². The van der Waals surface area contributed by atoms with Gasteiger partial charge in [-0.05, 0) is 118 Å². The molecule has 0 radical (unpaired) electrons. The van der Waals surface area contributed by atoms with E-state index in [2.05, 4.69) is 55.7 Å². The van der Waals surface area contributed by atoms with Crippen LogP contribution >= 0.6 is 0 Å². The van der Waals surface area contributed by atoms with Crippen molar-refractivity contribution >= 4 is 34.1 Å². The molecule has 3 aromatic carbocycles. The molecule has 0 unspecified atom stereocenters. The van der Waals surface area contributed by atoms with Crippen LogP contribution < -0.4 is 10.6 Å². The van der Waals surface area contributed by atoms with Crippen LogP contribution in [0.15, 0.2) is 103 Å². The van der Waals surface area contributed by atoms with E-state index in [1.54, 1.807) is 6.20 Å². The molecule has 2 fully saturated rings. The topological polar surface area (TPSA) is 73.4 Å². The van der Waals surface area contributed by atoms with Crippen LogP contribution in [0.1, 0.15) is 48.0 Å². The van der Waals surface area contributed by atoms with Gasteiger partial charge in [0.1, 0.15) is 5.82 Å². The highest BCUT2D eigenvalue weighted by Gasteiger charge is 2.25. The van der Waals surface area contributed by atoms with Gasteiger partial charge in [-0.25, -0.2) is 9.97 Å². The lowest BCUT2D eigenvalue weighted by Crippen LogP contribution is -2.46. The summed E-state index contributed by atoms with van der Waals surface area (Å²) in [6, 6.07) is 32.8. The van der Waals surface area contributed by atoms with Crippen molar-refractivity contribution in [1.82, 2.24) is 19.8 Å². The van der Waals surface area contributed by atoms with Crippen molar-refractivity contribution in [2.45, 2.75) is 44.7 Å². The summed E-state index contributed by atoms with van der Waals surface area (Å²) in [6.07, 6.45) is 8.42. The number of carbonyl (C=O) groups excluding carboxylic acids is 1. The molecule has 7 rings (SSSR count). The smallest absolute Gasteiger partial charge is 0.255 e. The molecule has 0 saturated carbocycles. The first kappa shape index (κ1) is 29.1. The van der Waals surface area contributed by atoms with Gasteiger partial charge in [-0.15, -0.1) is 0 Å². The summed E-state index contributed by atoms with van der Waals surface area (Å²) in [5.74, 6) is 0.586. The van der Waals surface area contributed by atoms with Crippen molar-refractivity contribution in [2.24, 2.45) is 0 Å². The van der Waals surface area contributed by atoms with E-state index in [-0.39, 0.29) is 5.91 Å². The second-order valence-electron chi connectivity index (χ2n) is 12.3. The van der Waals surface area contributed by atoms with Gasteiger partial charge in [-0.2, -0.15) is 0 Å². The molecule has 1 amide bonds. The summed E-state index contributed by atoms with van der Waals surface area (Å²) in [5, 5.41) is 7.48. The van der Waals surface area contributed by atoms with Crippen molar-refractivity contribution in [3.63, 3.8) is 0 Å². The molecule has 2 aromatic heterocycles. The summed E-state index contributed by atoms with van der Waals surface area (Å²) in [4.78, 5) is 27.6. The summed E-state index contributed by atoms with van der Waals surface area (Å²) in [6.45, 7) is 5.85. The monoisotopic (exact) mass is 596 g/mol. The second kappa shape index (κ2) is 13.6. The van der Waals surface area contributed by atoms with E-state index in [1.165, 1.54) is 50.8 Å². The molecule has 45 heavy (non-hydrogen) atoms. The number of hydrogen-bond donors (Lipinski definition) is 2. The van der Waals surface area contributed by atoms with Gasteiger partial charge < -0.3 is 15.5 Å². The number of likely N-dealkylation sites (tertiary alicyclic amines) is 2. The zero-order valence-corrected chi connectivity index (χ0v) is 25.7. The molecule has 2 N–H and O–H groups in total. The zero-order chi connectivity index (χ0) is 30.4. The van der Waals surface area contributed by atoms with Crippen LogP contribution in [0.5, 0.6) is 0 Å². The Morgan fingerprint density at radius 1 is 0.778 bits per heavy atom. The van der Waals surface area contributed by atoms with Gasteiger partial charge >= 0.3 is 0 Å². The lowest BCUT2D eigenvalue weighted by molar-refractivity contribution is 0.0896. The molecule has 0 atom stereocenters. The van der Waals surface area contributed by atoms with Crippen LogP contribution in [-0.4, -0.2) is 57.9 Å². The van der Waals surface area contributed by atoms with E-state index in [1.807, 2.05) is 66.7 Å². The van der Waals surface area contributed by atoms with Crippen LogP contribution in [0.2, 0.25) is 0 Å². The Morgan fingerprint density at radius 2 is 1.51 bits per heavy atom. The van der Waals surface area contributed by atoms with Crippen molar-refractivity contribution in [3.8, 4) is 11.1 Å². The first-order chi connectivity index (χ1) is 22.2. The third-order valence-corrected chi connectivity index (χ3v) is 9.17. The molecular weight excluding hydrogens is 556 g/mol. The average Bonchev–Trinajstić information content (AvgIpc) is 3.10. The summed E-state index contributed by atoms with van der Waals surface area (Å²) >= 11 is 0. The number of nitrogens with zero attached hydrogens (tertiary/aromatic N) is 4. The summed E-state index contributed by atoms with van der Waals surface area (Å²) in [5.41, 5.74) is 6.26. The number of amides is 1. The van der Waals surface area contributed by atoms with Gasteiger partial charge in [0.15, 0.2) is 5.65 Å². The Labute approximate surface area is 265 Å². The van der Waals surface area contributed by atoms with Crippen LogP contribution in [0.25, 0.3) is 22.2 Å². The van der Waals surface area contributed by atoms with Crippen molar-refractivity contribution < 1.29 is 4.79 Å². The number of rotatable bonds is 8. The van der Waals surface area contributed by atoms with E-state index in [0.717, 1.165) is 59.4 Å². The van der Waals surface area contributed by atoms with Gasteiger partial charge in [0.05, 0.1) is 0 Å². The number of piperidine rings is 2. The van der Waals surface area contributed by atoms with E-state index in [0.29, 0.717) is 11.2 Å². The van der Waals surface area contributed by atoms with Gasteiger partial charge in [-0.1, -0.05) is 48.9 Å². The lowest BCUT2D eigenvalue weighted by Gasteiger charge is -2.40. The van der Waals surface area contributed by atoms with E-state index in [9.17, 15) is 4.79 Å². The molecular formula is C38H40N6O. The third-order valence-electron chi connectivity index (χ3n) is 9.17. The molecule has 7 nitrogen and oxygen atoms in total. The minimum absolute atomic E-state index is 0.132. The molecule has 2 aliphatic rings. The maximum Gasteiger partial charge on any atom is 0.255 e. The Hall–Kier alpha value is -4.59. The van der Waals surface area contributed by atoms with Gasteiger partial charge in [0, 0.05) is 46.7 Å². The Kier molecular flexibility index (Phi) is 8.80. The Balaban J connectivity index is 0.957. The number of hydrogen-bond acceptors (Lipinski definition) is 6. The van der Waals surface area contributed by atoms with Gasteiger partial charge in [-0.3, -0.25) is 9.69 Å². The van der Waals surface area contributed by atoms with Gasteiger partial charge in [0.2, 0.25) is 0 Å². The molecule has 5 aromatic rings. The summed E-state index contributed by atoms with van der Waals surface area (Å²) in [7, 11) is 0. The lowest BCUT2D eigenvalue weighted by atomic mass is 9.99. The highest BCUT2D eigenvalue weighted by Crippen LogP contribution is 2.31. The second-order valence-corrected chi connectivity index (χ2v) is 12.3. The molecule has 0 aliphatic carbocycles. The van der Waals surface area contributed by atoms with Crippen molar-refractivity contribution in [1.29, 1.82) is 0 Å². The number of benzene rings is 3. The average molecular weight is 597 g/mol. The fraction of sp³-hybridized carbons (Fsp3) is 0.289. The zero-order valence-electron chi connectivity index (χ0n) is 25.7. The SMILES string of the molecule is O=C(Nc1ccc(CN2CCC(N3CCCCC3)CC2)cc1)c1ccc(Nc2nc3ncccc3cc2-c2ccccc2)cc1. The van der Waals surface area contributed by atoms with Crippen molar-refractivity contribution in [3.05, 3.63) is 114 Å². The molecule has 7 heteroatoms. The number of anilines is 3. The molecule has 2 saturated heterocycles. The molecule has 2 aliphatic heterocycles. The standard InChI is InChI=1S/C38H40N6O/c45-38(41-33-15-11-28(12-16-33)27-43-24-19-34(20-25-43)44-22-5-2-6-23-44)30-13-17-32(18-14-30)40-37-35(29-8-3-1-4-9-29)26-31-10-7-21-39-36(31)42-37/h1,3-4,7-18,21,26,34H,2,5-6,19-20,22-25,27H2,(H,41,45)(H,39,40,42). The first-order valence-corrected chi connectivity index (χ1v) is 16.2. The molecule has 4 heterocycles. The van der Waals surface area contributed by atoms with Crippen LogP contribution in [-0.2, 0) is 6.54 Å². The molecule has 0 spiro atoms. The van der Waals surface area contributed by atoms with Crippen LogP contribution in [0.3, 0.4) is 0 Å². The predicted molar refractivity (Wildman–Crippen MR) is 183 cm³/mol. The summed E-state index contributed by atoms with van der Waals surface area (Å²) < 4.78 is 0. The first-order valence-electron chi connectivity index (χ1n) is 16.2. The van der Waals surface area contributed by atoms with Gasteiger partial charge in [0.25, 0.3) is 5.91 Å². The Morgan fingerprint density at radius 3 is 2.27 bits per heavy atom. The number of aromatic nitrogens is 2. The number of fused-ring (bicyclic) bond motifs is 1. The fourth-order valence-corrected chi connectivity index (χ4v) is 6.66. The van der Waals surface area contributed by atoms with Crippen LogP contribution in [0.4, 0.5) is 17.2 Å². The maximum atomic E-state index is 13.1. The highest BCUT2D eigenvalue weighted by molar-refractivity contribution is 6.04. The van der Waals surface area contributed by atoms with E-state index < -0.39 is 0 Å². The minimum atomic E-state index is -0.132. The quantitative estimate of drug-likeness (QED) is 0.191. The minimum Gasteiger partial charge on any atom is -0.340 e. The van der Waals surface area contributed by atoms with Crippen molar-refractivity contribution in [2.75, 3.05) is 36.8 Å². The highest BCUT2D eigenvalue weighted by atomic mass is 16.1.